The van der Waals surface area contributed by atoms with E-state index in [4.69, 9.17) is 0 Å². The van der Waals surface area contributed by atoms with Crippen molar-refractivity contribution < 1.29 is 4.79 Å². The molecule has 0 saturated carbocycles. The first-order chi connectivity index (χ1) is 9.66. The fraction of sp³-hybridized carbons (Fsp3) is 0.562. The zero-order chi connectivity index (χ0) is 14.4. The van der Waals surface area contributed by atoms with Gasteiger partial charge < -0.3 is 10.6 Å². The average molecular weight is 275 g/mol. The fourth-order valence-electron chi connectivity index (χ4n) is 2.59. The second-order valence-electron chi connectivity index (χ2n) is 5.55. The van der Waals surface area contributed by atoms with E-state index in [-0.39, 0.29) is 5.91 Å². The molecule has 0 bridgehead atoms. The monoisotopic (exact) mass is 275 g/mol. The number of carbonyl (C=O) groups excluding carboxylic acids is 1. The summed E-state index contributed by atoms with van der Waals surface area (Å²) in [7, 11) is 0. The molecule has 0 spiro atoms. The van der Waals surface area contributed by atoms with E-state index in [0.29, 0.717) is 19.1 Å². The number of rotatable bonds is 5. The molecule has 1 amide bonds. The summed E-state index contributed by atoms with van der Waals surface area (Å²) in [4.78, 5) is 14.2. The van der Waals surface area contributed by atoms with E-state index in [9.17, 15) is 4.79 Å². The SMILES string of the molecule is Cc1ccccc1CCNC(=O)CN1CCNC[C@@H]1C. The molecule has 1 aliphatic rings. The first-order valence-corrected chi connectivity index (χ1v) is 7.43. The van der Waals surface area contributed by atoms with Gasteiger partial charge in [0, 0.05) is 32.2 Å². The molecule has 1 fully saturated rings. The third-order valence-electron chi connectivity index (χ3n) is 3.96. The van der Waals surface area contributed by atoms with Gasteiger partial charge in [0.25, 0.3) is 0 Å². The second kappa shape index (κ2) is 7.41. The lowest BCUT2D eigenvalue weighted by Gasteiger charge is -2.33. The predicted octanol–water partition coefficient (Wildman–Crippen LogP) is 0.947. The first kappa shape index (κ1) is 15.0. The summed E-state index contributed by atoms with van der Waals surface area (Å²) in [6, 6.07) is 8.76. The highest BCUT2D eigenvalue weighted by atomic mass is 16.2. The van der Waals surface area contributed by atoms with E-state index < -0.39 is 0 Å². The van der Waals surface area contributed by atoms with Crippen LogP contribution in [0, 0.1) is 6.92 Å². The lowest BCUT2D eigenvalue weighted by Crippen LogP contribution is -2.52. The molecule has 1 heterocycles. The standard InChI is InChI=1S/C16H25N3O/c1-13-5-3-4-6-15(13)7-8-18-16(20)12-19-10-9-17-11-14(19)2/h3-6,14,17H,7-12H2,1-2H3,(H,18,20)/t14-/m0/s1. The Hall–Kier alpha value is -1.39. The van der Waals surface area contributed by atoms with Gasteiger partial charge in [0.2, 0.25) is 5.91 Å². The Morgan fingerprint density at radius 1 is 1.45 bits per heavy atom. The van der Waals surface area contributed by atoms with Gasteiger partial charge in [-0.05, 0) is 31.4 Å². The van der Waals surface area contributed by atoms with Gasteiger partial charge in [0.15, 0.2) is 0 Å². The van der Waals surface area contributed by atoms with Crippen molar-refractivity contribution >= 4 is 5.91 Å². The average Bonchev–Trinajstić information content (AvgIpc) is 2.43. The molecule has 4 nitrogen and oxygen atoms in total. The van der Waals surface area contributed by atoms with Gasteiger partial charge >= 0.3 is 0 Å². The number of benzene rings is 1. The van der Waals surface area contributed by atoms with Crippen molar-refractivity contribution in [2.45, 2.75) is 26.3 Å². The summed E-state index contributed by atoms with van der Waals surface area (Å²) >= 11 is 0. The van der Waals surface area contributed by atoms with Gasteiger partial charge in [-0.15, -0.1) is 0 Å². The highest BCUT2D eigenvalue weighted by Crippen LogP contribution is 2.07. The molecule has 1 aromatic rings. The molecule has 0 aromatic heterocycles. The minimum Gasteiger partial charge on any atom is -0.355 e. The molecule has 1 saturated heterocycles. The van der Waals surface area contributed by atoms with Crippen molar-refractivity contribution in [3.8, 4) is 0 Å². The molecule has 2 N–H and O–H groups in total. The topological polar surface area (TPSA) is 44.4 Å². The Morgan fingerprint density at radius 3 is 3.00 bits per heavy atom. The summed E-state index contributed by atoms with van der Waals surface area (Å²) in [5, 5.41) is 6.36. The molecular formula is C16H25N3O. The minimum atomic E-state index is 0.132. The van der Waals surface area contributed by atoms with E-state index in [1.165, 1.54) is 11.1 Å². The van der Waals surface area contributed by atoms with Crippen LogP contribution >= 0.6 is 0 Å². The molecule has 110 valence electrons. The number of aryl methyl sites for hydroxylation is 1. The van der Waals surface area contributed by atoms with Crippen LogP contribution in [0.2, 0.25) is 0 Å². The Bertz CT molecular complexity index is 447. The van der Waals surface area contributed by atoms with Crippen molar-refractivity contribution in [3.05, 3.63) is 35.4 Å². The molecular weight excluding hydrogens is 250 g/mol. The Balaban J connectivity index is 1.71. The highest BCUT2D eigenvalue weighted by Gasteiger charge is 2.19. The summed E-state index contributed by atoms with van der Waals surface area (Å²) in [5.41, 5.74) is 2.60. The molecule has 0 radical (unpaired) electrons. The number of carbonyl (C=O) groups is 1. The number of nitrogens with zero attached hydrogens (tertiary/aromatic N) is 1. The number of amides is 1. The Kier molecular flexibility index (Phi) is 5.56. The van der Waals surface area contributed by atoms with E-state index in [1.807, 2.05) is 12.1 Å². The first-order valence-electron chi connectivity index (χ1n) is 7.43. The lowest BCUT2D eigenvalue weighted by atomic mass is 10.1. The second-order valence-corrected chi connectivity index (χ2v) is 5.55. The van der Waals surface area contributed by atoms with Gasteiger partial charge in [-0.3, -0.25) is 9.69 Å². The summed E-state index contributed by atoms with van der Waals surface area (Å²) < 4.78 is 0. The summed E-state index contributed by atoms with van der Waals surface area (Å²) in [5.74, 6) is 0.132. The van der Waals surface area contributed by atoms with E-state index in [0.717, 1.165) is 26.1 Å². The van der Waals surface area contributed by atoms with Crippen LogP contribution < -0.4 is 10.6 Å². The maximum atomic E-state index is 12.0. The molecule has 20 heavy (non-hydrogen) atoms. The van der Waals surface area contributed by atoms with Crippen LogP contribution in [-0.4, -0.2) is 49.6 Å². The molecule has 0 unspecified atom stereocenters. The maximum Gasteiger partial charge on any atom is 0.234 e. The van der Waals surface area contributed by atoms with Crippen molar-refractivity contribution in [2.75, 3.05) is 32.7 Å². The van der Waals surface area contributed by atoms with Crippen molar-refractivity contribution in [2.24, 2.45) is 0 Å². The smallest absolute Gasteiger partial charge is 0.234 e. The molecule has 0 aliphatic carbocycles. The summed E-state index contributed by atoms with van der Waals surface area (Å²) in [6.45, 7) is 8.39. The van der Waals surface area contributed by atoms with Gasteiger partial charge in [-0.2, -0.15) is 0 Å². The van der Waals surface area contributed by atoms with Crippen LogP contribution in [0.25, 0.3) is 0 Å². The third kappa shape index (κ3) is 4.32. The van der Waals surface area contributed by atoms with Gasteiger partial charge in [0.05, 0.1) is 6.54 Å². The van der Waals surface area contributed by atoms with Crippen LogP contribution in [0.1, 0.15) is 18.1 Å². The maximum absolute atomic E-state index is 12.0. The van der Waals surface area contributed by atoms with Crippen LogP contribution in [0.4, 0.5) is 0 Å². The largest absolute Gasteiger partial charge is 0.355 e. The van der Waals surface area contributed by atoms with Gasteiger partial charge in [-0.25, -0.2) is 0 Å². The van der Waals surface area contributed by atoms with Crippen LogP contribution in [-0.2, 0) is 11.2 Å². The van der Waals surface area contributed by atoms with Crippen molar-refractivity contribution in [1.29, 1.82) is 0 Å². The van der Waals surface area contributed by atoms with Gasteiger partial charge in [-0.1, -0.05) is 24.3 Å². The zero-order valence-corrected chi connectivity index (χ0v) is 12.5. The zero-order valence-electron chi connectivity index (χ0n) is 12.5. The van der Waals surface area contributed by atoms with Crippen LogP contribution in [0.5, 0.6) is 0 Å². The predicted molar refractivity (Wildman–Crippen MR) is 81.8 cm³/mol. The molecule has 4 heteroatoms. The number of nitrogens with one attached hydrogen (secondary N) is 2. The van der Waals surface area contributed by atoms with Gasteiger partial charge in [0.1, 0.15) is 0 Å². The van der Waals surface area contributed by atoms with Crippen LogP contribution in [0.15, 0.2) is 24.3 Å². The molecule has 1 aromatic carbocycles. The van der Waals surface area contributed by atoms with E-state index in [2.05, 4.69) is 41.5 Å². The van der Waals surface area contributed by atoms with Crippen molar-refractivity contribution in [1.82, 2.24) is 15.5 Å². The number of piperazine rings is 1. The lowest BCUT2D eigenvalue weighted by molar-refractivity contribution is -0.122. The third-order valence-corrected chi connectivity index (χ3v) is 3.96. The fourth-order valence-corrected chi connectivity index (χ4v) is 2.59. The Labute approximate surface area is 121 Å². The molecule has 1 atom stereocenters. The molecule has 2 rings (SSSR count). The number of hydrogen-bond acceptors (Lipinski definition) is 3. The highest BCUT2D eigenvalue weighted by molar-refractivity contribution is 5.78. The van der Waals surface area contributed by atoms with E-state index in [1.54, 1.807) is 0 Å². The molecule has 1 aliphatic heterocycles. The Morgan fingerprint density at radius 2 is 2.25 bits per heavy atom. The summed E-state index contributed by atoms with van der Waals surface area (Å²) in [6.07, 6.45) is 0.898. The minimum absolute atomic E-state index is 0.132. The number of hydrogen-bond donors (Lipinski definition) is 2. The normalized spacial score (nSPS) is 19.8. The van der Waals surface area contributed by atoms with E-state index >= 15 is 0 Å². The quantitative estimate of drug-likeness (QED) is 0.841. The van der Waals surface area contributed by atoms with Crippen LogP contribution in [0.3, 0.4) is 0 Å². The van der Waals surface area contributed by atoms with Crippen molar-refractivity contribution in [3.63, 3.8) is 0 Å².